The van der Waals surface area contributed by atoms with E-state index < -0.39 is 6.10 Å². The van der Waals surface area contributed by atoms with E-state index in [4.69, 9.17) is 14.2 Å². The summed E-state index contributed by atoms with van der Waals surface area (Å²) in [5, 5.41) is 0. The minimum Gasteiger partial charge on any atom is -0.497 e. The van der Waals surface area contributed by atoms with Crippen molar-refractivity contribution in [2.45, 2.75) is 25.7 Å². The van der Waals surface area contributed by atoms with Crippen LogP contribution in [0.1, 0.15) is 17.5 Å². The van der Waals surface area contributed by atoms with Crippen LogP contribution in [0, 0.1) is 0 Å². The third kappa shape index (κ3) is 6.22. The van der Waals surface area contributed by atoms with Gasteiger partial charge in [0.15, 0.2) is 0 Å². The molecule has 2 aromatic rings. The normalized spacial score (nSPS) is 11.9. The third-order valence-electron chi connectivity index (χ3n) is 3.43. The van der Waals surface area contributed by atoms with Gasteiger partial charge in [0.1, 0.15) is 18.1 Å². The molecule has 0 unspecified atom stereocenters. The Morgan fingerprint density at radius 1 is 0.957 bits per heavy atom. The molecule has 122 valence electrons. The van der Waals surface area contributed by atoms with Gasteiger partial charge in [0.2, 0.25) is 0 Å². The zero-order valence-electron chi connectivity index (χ0n) is 13.3. The molecule has 0 spiro atoms. The molecule has 0 heterocycles. The molecule has 1 atom stereocenters. The fourth-order valence-electron chi connectivity index (χ4n) is 2.08. The summed E-state index contributed by atoms with van der Waals surface area (Å²) in [6.07, 6.45) is 0.926. The van der Waals surface area contributed by atoms with Gasteiger partial charge in [-0.05, 0) is 23.3 Å². The topological polar surface area (TPSA) is 44.8 Å². The second-order valence-electron chi connectivity index (χ2n) is 5.16. The van der Waals surface area contributed by atoms with Crippen molar-refractivity contribution in [1.29, 1.82) is 0 Å². The Labute approximate surface area is 137 Å². The van der Waals surface area contributed by atoms with E-state index in [0.717, 1.165) is 23.2 Å². The molecule has 0 fully saturated rings. The molecule has 0 aliphatic rings. The van der Waals surface area contributed by atoms with Crippen LogP contribution in [0.3, 0.4) is 0 Å². The second-order valence-corrected chi connectivity index (χ2v) is 5.16. The number of methoxy groups -OCH3 is 1. The van der Waals surface area contributed by atoms with E-state index in [1.807, 2.05) is 54.6 Å². The molecule has 0 aliphatic carbocycles. The molecule has 0 amide bonds. The van der Waals surface area contributed by atoms with Crippen LogP contribution >= 0.6 is 0 Å². The second kappa shape index (κ2) is 9.77. The van der Waals surface area contributed by atoms with Gasteiger partial charge >= 0.3 is 0 Å². The summed E-state index contributed by atoms with van der Waals surface area (Å²) in [4.78, 5) is 11.1. The van der Waals surface area contributed by atoms with Gasteiger partial charge < -0.3 is 19.0 Å². The number of carbonyl (C=O) groups is 1. The number of benzene rings is 2. The number of hydrogen-bond donors (Lipinski definition) is 0. The number of ether oxygens (including phenoxy) is 3. The lowest BCUT2D eigenvalue weighted by molar-refractivity contribution is -0.120. The Morgan fingerprint density at radius 2 is 1.65 bits per heavy atom. The SMILES string of the molecule is COc1ccc(CO[C@H](C=O)CCOCc2ccccc2)cc1. The van der Waals surface area contributed by atoms with Crippen molar-refractivity contribution in [1.82, 2.24) is 0 Å². The maximum absolute atomic E-state index is 11.1. The third-order valence-corrected chi connectivity index (χ3v) is 3.43. The Hall–Kier alpha value is -2.17. The van der Waals surface area contributed by atoms with E-state index in [-0.39, 0.29) is 0 Å². The van der Waals surface area contributed by atoms with Crippen molar-refractivity contribution < 1.29 is 19.0 Å². The highest BCUT2D eigenvalue weighted by molar-refractivity contribution is 5.55. The molecule has 0 saturated heterocycles. The largest absolute Gasteiger partial charge is 0.497 e. The van der Waals surface area contributed by atoms with Crippen LogP contribution in [0.5, 0.6) is 5.75 Å². The quantitative estimate of drug-likeness (QED) is 0.498. The first-order valence-corrected chi connectivity index (χ1v) is 7.63. The molecule has 2 aromatic carbocycles. The molecule has 0 aliphatic heterocycles. The first-order chi connectivity index (χ1) is 11.3. The molecule has 0 radical (unpaired) electrons. The molecule has 0 N–H and O–H groups in total. The Morgan fingerprint density at radius 3 is 2.30 bits per heavy atom. The Kier molecular flexibility index (Phi) is 7.30. The van der Waals surface area contributed by atoms with Crippen LogP contribution in [-0.2, 0) is 27.5 Å². The van der Waals surface area contributed by atoms with Gasteiger partial charge in [0, 0.05) is 13.0 Å². The molecule has 4 nitrogen and oxygen atoms in total. The van der Waals surface area contributed by atoms with Crippen molar-refractivity contribution in [2.75, 3.05) is 13.7 Å². The average molecular weight is 314 g/mol. The van der Waals surface area contributed by atoms with E-state index in [0.29, 0.717) is 26.2 Å². The first-order valence-electron chi connectivity index (χ1n) is 7.63. The summed E-state index contributed by atoms with van der Waals surface area (Å²) in [6.45, 7) is 1.43. The number of rotatable bonds is 10. The average Bonchev–Trinajstić information content (AvgIpc) is 2.62. The van der Waals surface area contributed by atoms with Gasteiger partial charge in [0.25, 0.3) is 0 Å². The minimum absolute atomic E-state index is 0.395. The fourth-order valence-corrected chi connectivity index (χ4v) is 2.08. The molecule has 2 rings (SSSR count). The first kappa shape index (κ1) is 17.2. The highest BCUT2D eigenvalue weighted by Gasteiger charge is 2.08. The summed E-state index contributed by atoms with van der Waals surface area (Å²) in [7, 11) is 1.63. The van der Waals surface area contributed by atoms with Gasteiger partial charge in [-0.15, -0.1) is 0 Å². The summed E-state index contributed by atoms with van der Waals surface area (Å²) in [5.74, 6) is 0.801. The van der Waals surface area contributed by atoms with E-state index in [9.17, 15) is 4.79 Å². The van der Waals surface area contributed by atoms with Gasteiger partial charge in [-0.25, -0.2) is 0 Å². The molecular formula is C19H22O4. The predicted molar refractivity (Wildman–Crippen MR) is 88.4 cm³/mol. The standard InChI is InChI=1S/C19H22O4/c1-21-18-9-7-17(8-10-18)15-23-19(13-20)11-12-22-14-16-5-3-2-4-6-16/h2-10,13,19H,11-12,14-15H2,1H3/t19-/m0/s1. The molecule has 0 saturated carbocycles. The Bertz CT molecular complexity index is 566. The lowest BCUT2D eigenvalue weighted by atomic mass is 10.2. The maximum Gasteiger partial charge on any atom is 0.148 e. The van der Waals surface area contributed by atoms with E-state index in [1.165, 1.54) is 0 Å². The maximum atomic E-state index is 11.1. The van der Waals surface area contributed by atoms with E-state index in [2.05, 4.69) is 0 Å². The van der Waals surface area contributed by atoms with Crippen molar-refractivity contribution in [3.05, 3.63) is 65.7 Å². The summed E-state index contributed by atoms with van der Waals surface area (Å²) < 4.78 is 16.3. The van der Waals surface area contributed by atoms with Crippen LogP contribution in [0.2, 0.25) is 0 Å². The molecule has 4 heteroatoms. The van der Waals surface area contributed by atoms with Gasteiger partial charge in [0.05, 0.1) is 20.3 Å². The highest BCUT2D eigenvalue weighted by Crippen LogP contribution is 2.13. The van der Waals surface area contributed by atoms with Crippen molar-refractivity contribution in [3.63, 3.8) is 0 Å². The van der Waals surface area contributed by atoms with Crippen LogP contribution < -0.4 is 4.74 Å². The van der Waals surface area contributed by atoms with Crippen LogP contribution in [0.15, 0.2) is 54.6 Å². The zero-order valence-corrected chi connectivity index (χ0v) is 13.3. The smallest absolute Gasteiger partial charge is 0.148 e. The number of hydrogen-bond acceptors (Lipinski definition) is 4. The molecule has 23 heavy (non-hydrogen) atoms. The monoisotopic (exact) mass is 314 g/mol. The van der Waals surface area contributed by atoms with Gasteiger partial charge in [-0.3, -0.25) is 0 Å². The van der Waals surface area contributed by atoms with E-state index >= 15 is 0 Å². The van der Waals surface area contributed by atoms with Crippen LogP contribution in [0.4, 0.5) is 0 Å². The number of aldehydes is 1. The predicted octanol–water partition coefficient (Wildman–Crippen LogP) is 3.39. The number of carbonyl (C=O) groups excluding carboxylic acids is 1. The van der Waals surface area contributed by atoms with Crippen molar-refractivity contribution in [3.8, 4) is 5.75 Å². The lowest BCUT2D eigenvalue weighted by Gasteiger charge is -2.12. The van der Waals surface area contributed by atoms with Crippen LogP contribution in [0.25, 0.3) is 0 Å². The summed E-state index contributed by atoms with van der Waals surface area (Å²) >= 11 is 0. The minimum atomic E-state index is -0.451. The molecule has 0 aromatic heterocycles. The van der Waals surface area contributed by atoms with Gasteiger partial charge in [-0.1, -0.05) is 42.5 Å². The summed E-state index contributed by atoms with van der Waals surface area (Å²) in [5.41, 5.74) is 2.12. The summed E-state index contributed by atoms with van der Waals surface area (Å²) in [6, 6.07) is 17.5. The lowest BCUT2D eigenvalue weighted by Crippen LogP contribution is -2.17. The van der Waals surface area contributed by atoms with Gasteiger partial charge in [-0.2, -0.15) is 0 Å². The molecular weight excluding hydrogens is 292 g/mol. The fraction of sp³-hybridized carbons (Fsp3) is 0.316. The van der Waals surface area contributed by atoms with Crippen molar-refractivity contribution in [2.24, 2.45) is 0 Å². The van der Waals surface area contributed by atoms with E-state index in [1.54, 1.807) is 7.11 Å². The van der Waals surface area contributed by atoms with Crippen molar-refractivity contribution >= 4 is 6.29 Å². The van der Waals surface area contributed by atoms with Crippen LogP contribution in [-0.4, -0.2) is 26.1 Å². The highest BCUT2D eigenvalue weighted by atomic mass is 16.5. The zero-order chi connectivity index (χ0) is 16.3. The Balaban J connectivity index is 1.67. The molecule has 0 bridgehead atoms.